The van der Waals surface area contributed by atoms with Crippen molar-refractivity contribution in [2.45, 2.75) is 47.5 Å². The molecule has 126 valence electrons. The lowest BCUT2D eigenvalue weighted by atomic mass is 10.2. The fraction of sp³-hybridized carbons (Fsp3) is 0.529. The molecule has 1 N–H and O–H groups in total. The van der Waals surface area contributed by atoms with Crippen LogP contribution in [-0.2, 0) is 10.1 Å². The lowest BCUT2D eigenvalue weighted by Crippen LogP contribution is -2.22. The van der Waals surface area contributed by atoms with E-state index in [0.29, 0.717) is 19.4 Å². The summed E-state index contributed by atoms with van der Waals surface area (Å²) in [6, 6.07) is 0. The number of allylic oxidation sites excluding steroid dienone is 7. The molecule has 22 heavy (non-hydrogen) atoms. The molecule has 0 saturated heterocycles. The predicted octanol–water partition coefficient (Wildman–Crippen LogP) is 4.31. The molecule has 0 fully saturated rings. The summed E-state index contributed by atoms with van der Waals surface area (Å²) in [6.07, 6.45) is 11.3. The highest BCUT2D eigenvalue weighted by atomic mass is 32.2. The number of nitrogens with zero attached hydrogens (tertiary/aromatic N) is 1. The highest BCUT2D eigenvalue weighted by Gasteiger charge is 2.10. The summed E-state index contributed by atoms with van der Waals surface area (Å²) >= 11 is 0. The van der Waals surface area contributed by atoms with Gasteiger partial charge in [0.25, 0.3) is 10.1 Å². The maximum atomic E-state index is 10.8. The Labute approximate surface area is 135 Å². The average Bonchev–Trinajstić information content (AvgIpc) is 2.41. The third-order valence-electron chi connectivity index (χ3n) is 3.06. The Morgan fingerprint density at radius 3 is 2.18 bits per heavy atom. The number of hydrogen-bond acceptors (Lipinski definition) is 3. The molecule has 0 aliphatic carbocycles. The first-order chi connectivity index (χ1) is 10.2. The van der Waals surface area contributed by atoms with Crippen LogP contribution in [0.2, 0.25) is 0 Å². The summed E-state index contributed by atoms with van der Waals surface area (Å²) in [7, 11) is -3.87. The number of hydrogen-bond donors (Lipinski definition) is 1. The van der Waals surface area contributed by atoms with Gasteiger partial charge in [-0.3, -0.25) is 4.55 Å². The second-order valence-electron chi connectivity index (χ2n) is 5.41. The maximum Gasteiger partial charge on any atom is 0.264 e. The van der Waals surface area contributed by atoms with E-state index in [1.807, 2.05) is 52.8 Å². The normalized spacial score (nSPS) is 13.5. The topological polar surface area (TPSA) is 57.6 Å². The smallest absolute Gasteiger partial charge is 0.264 e. The monoisotopic (exact) mass is 327 g/mol. The summed E-state index contributed by atoms with van der Waals surface area (Å²) in [5.41, 5.74) is 3.39. The van der Waals surface area contributed by atoms with Crippen molar-refractivity contribution in [3.63, 3.8) is 0 Å². The molecule has 0 rings (SSSR count). The van der Waals surface area contributed by atoms with Gasteiger partial charge in [0, 0.05) is 17.9 Å². The molecule has 0 saturated carbocycles. The molecule has 0 heterocycles. The Kier molecular flexibility index (Phi) is 9.78. The van der Waals surface area contributed by atoms with Gasteiger partial charge >= 0.3 is 0 Å². The second-order valence-corrected chi connectivity index (χ2v) is 6.98. The lowest BCUT2D eigenvalue weighted by Gasteiger charge is -2.26. The zero-order valence-electron chi connectivity index (χ0n) is 14.3. The summed E-state index contributed by atoms with van der Waals surface area (Å²) < 4.78 is 30.4. The van der Waals surface area contributed by atoms with Crippen LogP contribution in [-0.4, -0.2) is 30.2 Å². The first-order valence-corrected chi connectivity index (χ1v) is 9.15. The molecule has 0 radical (unpaired) electrons. The molecule has 0 aliphatic rings. The van der Waals surface area contributed by atoms with Gasteiger partial charge in [-0.05, 0) is 59.6 Å². The highest BCUT2D eigenvalue weighted by Crippen LogP contribution is 2.16. The summed E-state index contributed by atoms with van der Waals surface area (Å²) in [5, 5.41) is 0. The van der Waals surface area contributed by atoms with Gasteiger partial charge in [0.1, 0.15) is 0 Å². The minimum atomic E-state index is -3.87. The van der Waals surface area contributed by atoms with Crippen LogP contribution < -0.4 is 0 Å². The van der Waals surface area contributed by atoms with Gasteiger partial charge in [-0.25, -0.2) is 0 Å². The van der Waals surface area contributed by atoms with Gasteiger partial charge in [-0.1, -0.05) is 23.8 Å². The van der Waals surface area contributed by atoms with Gasteiger partial charge < -0.3 is 4.90 Å². The third-order valence-corrected chi connectivity index (χ3v) is 3.87. The van der Waals surface area contributed by atoms with E-state index in [1.165, 1.54) is 5.57 Å². The molecule has 0 spiro atoms. The molecule has 0 aromatic heterocycles. The standard InChI is InChI=1S/C17H29NO3S/c1-6-10-17(7-2)18(16(5)12-11-15(3)4)13-8-9-14-22(19,20)21/h6-7,10-12H,8-9,13-14H2,1-5H3,(H,19,20,21)/b10-6-,16-12+,17-7-. The second kappa shape index (κ2) is 10.4. The summed E-state index contributed by atoms with van der Waals surface area (Å²) in [5.74, 6) is -0.188. The van der Waals surface area contributed by atoms with Crippen molar-refractivity contribution in [2.75, 3.05) is 12.3 Å². The minimum absolute atomic E-state index is 0.188. The van der Waals surface area contributed by atoms with E-state index in [0.717, 1.165) is 11.4 Å². The van der Waals surface area contributed by atoms with Crippen LogP contribution in [0.25, 0.3) is 0 Å². The van der Waals surface area contributed by atoms with E-state index in [2.05, 4.69) is 17.1 Å². The maximum absolute atomic E-state index is 10.8. The zero-order chi connectivity index (χ0) is 17.2. The third kappa shape index (κ3) is 9.58. The fourth-order valence-electron chi connectivity index (χ4n) is 1.95. The molecule has 0 atom stereocenters. The van der Waals surface area contributed by atoms with Crippen LogP contribution >= 0.6 is 0 Å². The van der Waals surface area contributed by atoms with Gasteiger partial charge in [-0.2, -0.15) is 8.42 Å². The van der Waals surface area contributed by atoms with Crippen LogP contribution in [0.4, 0.5) is 0 Å². The van der Waals surface area contributed by atoms with Crippen LogP contribution in [0.5, 0.6) is 0 Å². The fourth-order valence-corrected chi connectivity index (χ4v) is 2.52. The molecular formula is C17H29NO3S. The van der Waals surface area contributed by atoms with Crippen molar-refractivity contribution in [1.29, 1.82) is 0 Å². The van der Waals surface area contributed by atoms with Crippen LogP contribution in [0.1, 0.15) is 47.5 Å². The van der Waals surface area contributed by atoms with Crippen molar-refractivity contribution >= 4 is 10.1 Å². The van der Waals surface area contributed by atoms with Crippen LogP contribution in [0.15, 0.2) is 47.3 Å². The quantitative estimate of drug-likeness (QED) is 0.389. The van der Waals surface area contributed by atoms with Crippen molar-refractivity contribution in [3.05, 3.63) is 47.3 Å². The highest BCUT2D eigenvalue weighted by molar-refractivity contribution is 7.85. The van der Waals surface area contributed by atoms with Gasteiger partial charge in [0.05, 0.1) is 5.75 Å². The first-order valence-electron chi connectivity index (χ1n) is 7.54. The van der Waals surface area contributed by atoms with Crippen molar-refractivity contribution in [1.82, 2.24) is 4.90 Å². The summed E-state index contributed by atoms with van der Waals surface area (Å²) in [6.45, 7) is 10.8. The largest absolute Gasteiger partial charge is 0.346 e. The van der Waals surface area contributed by atoms with E-state index < -0.39 is 10.1 Å². The van der Waals surface area contributed by atoms with E-state index in [4.69, 9.17) is 4.55 Å². The van der Waals surface area contributed by atoms with Gasteiger partial charge in [0.2, 0.25) is 0 Å². The van der Waals surface area contributed by atoms with Crippen molar-refractivity contribution < 1.29 is 13.0 Å². The molecule has 0 aromatic carbocycles. The minimum Gasteiger partial charge on any atom is -0.346 e. The Morgan fingerprint density at radius 1 is 1.09 bits per heavy atom. The Hall–Kier alpha value is -1.33. The Bertz CT molecular complexity index is 550. The van der Waals surface area contributed by atoms with Crippen molar-refractivity contribution in [3.8, 4) is 0 Å². The number of rotatable bonds is 9. The SMILES string of the molecule is C/C=C\C(=C\C)N(CCCCS(=O)(=O)O)/C(C)=C/C=C(C)C. The van der Waals surface area contributed by atoms with E-state index in [1.54, 1.807) is 0 Å². The first kappa shape index (κ1) is 20.7. The summed E-state index contributed by atoms with van der Waals surface area (Å²) in [4.78, 5) is 2.16. The van der Waals surface area contributed by atoms with E-state index >= 15 is 0 Å². The van der Waals surface area contributed by atoms with Gasteiger partial charge in [-0.15, -0.1) is 0 Å². The molecular weight excluding hydrogens is 298 g/mol. The molecule has 0 amide bonds. The molecule has 0 aliphatic heterocycles. The lowest BCUT2D eigenvalue weighted by molar-refractivity contribution is 0.422. The van der Waals surface area contributed by atoms with Gasteiger partial charge in [0.15, 0.2) is 0 Å². The average molecular weight is 327 g/mol. The Morgan fingerprint density at radius 2 is 1.73 bits per heavy atom. The predicted molar refractivity (Wildman–Crippen MR) is 94.1 cm³/mol. The molecule has 4 nitrogen and oxygen atoms in total. The van der Waals surface area contributed by atoms with Crippen molar-refractivity contribution in [2.24, 2.45) is 0 Å². The van der Waals surface area contributed by atoms with E-state index in [-0.39, 0.29) is 5.75 Å². The molecule has 5 heteroatoms. The number of unbranched alkanes of at least 4 members (excludes halogenated alkanes) is 1. The van der Waals surface area contributed by atoms with Crippen LogP contribution in [0, 0.1) is 0 Å². The van der Waals surface area contributed by atoms with E-state index in [9.17, 15) is 8.42 Å². The molecule has 0 unspecified atom stereocenters. The molecule has 0 aromatic rings. The zero-order valence-corrected chi connectivity index (χ0v) is 15.2. The Balaban J connectivity index is 5.03. The molecule has 0 bridgehead atoms. The van der Waals surface area contributed by atoms with Crippen LogP contribution in [0.3, 0.4) is 0 Å².